The Bertz CT molecular complexity index is 664. The molecule has 0 aliphatic rings. The van der Waals surface area contributed by atoms with Gasteiger partial charge in [0.05, 0.1) is 17.8 Å². The van der Waals surface area contributed by atoms with Gasteiger partial charge in [0.25, 0.3) is 0 Å². The minimum absolute atomic E-state index is 0.404. The third-order valence-electron chi connectivity index (χ3n) is 3.03. The Morgan fingerprint density at radius 1 is 1.16 bits per heavy atom. The molecule has 0 saturated carbocycles. The lowest BCUT2D eigenvalue weighted by molar-refractivity contribution is 0.191. The van der Waals surface area contributed by atoms with Gasteiger partial charge < -0.3 is 14.8 Å². The average molecular weight is 254 g/mol. The SMILES string of the molecule is OC(CNc1nccc2occc12)c1ccccc1. The van der Waals surface area contributed by atoms with Crippen molar-refractivity contribution in [2.75, 3.05) is 11.9 Å². The number of aliphatic hydroxyl groups excluding tert-OH is 1. The molecule has 2 heterocycles. The molecule has 0 aliphatic carbocycles. The molecule has 1 aromatic carbocycles. The van der Waals surface area contributed by atoms with E-state index in [0.29, 0.717) is 6.54 Å². The Hall–Kier alpha value is -2.33. The van der Waals surface area contributed by atoms with Crippen molar-refractivity contribution in [3.05, 3.63) is 60.5 Å². The summed E-state index contributed by atoms with van der Waals surface area (Å²) in [5.74, 6) is 0.723. The molecular formula is C15H14N2O2. The lowest BCUT2D eigenvalue weighted by Crippen LogP contribution is -2.12. The van der Waals surface area contributed by atoms with Crippen molar-refractivity contribution in [1.29, 1.82) is 0 Å². The fraction of sp³-hybridized carbons (Fsp3) is 0.133. The van der Waals surface area contributed by atoms with Crippen LogP contribution < -0.4 is 5.32 Å². The first-order chi connectivity index (χ1) is 9.34. The third kappa shape index (κ3) is 2.44. The number of aromatic nitrogens is 1. The number of rotatable bonds is 4. The summed E-state index contributed by atoms with van der Waals surface area (Å²) >= 11 is 0. The van der Waals surface area contributed by atoms with Crippen LogP contribution >= 0.6 is 0 Å². The Labute approximate surface area is 110 Å². The van der Waals surface area contributed by atoms with Crippen LogP contribution in [-0.4, -0.2) is 16.6 Å². The van der Waals surface area contributed by atoms with E-state index in [1.807, 2.05) is 42.5 Å². The first kappa shape index (κ1) is 11.7. The molecule has 2 aromatic heterocycles. The molecule has 3 aromatic rings. The minimum atomic E-state index is -0.565. The molecule has 96 valence electrons. The van der Waals surface area contributed by atoms with Gasteiger partial charge in [0.1, 0.15) is 11.4 Å². The van der Waals surface area contributed by atoms with E-state index in [4.69, 9.17) is 4.42 Å². The molecule has 1 atom stereocenters. The Morgan fingerprint density at radius 3 is 2.84 bits per heavy atom. The molecule has 4 heteroatoms. The number of nitrogens with one attached hydrogen (secondary N) is 1. The molecule has 0 spiro atoms. The average Bonchev–Trinajstić information content (AvgIpc) is 2.94. The number of pyridine rings is 1. The van der Waals surface area contributed by atoms with Crippen LogP contribution in [0.1, 0.15) is 11.7 Å². The lowest BCUT2D eigenvalue weighted by atomic mass is 10.1. The second-order valence-corrected chi connectivity index (χ2v) is 4.30. The van der Waals surface area contributed by atoms with Gasteiger partial charge in [0, 0.05) is 12.7 Å². The van der Waals surface area contributed by atoms with E-state index in [9.17, 15) is 5.11 Å². The molecule has 0 saturated heterocycles. The van der Waals surface area contributed by atoms with E-state index >= 15 is 0 Å². The molecule has 0 bridgehead atoms. The fourth-order valence-corrected chi connectivity index (χ4v) is 2.02. The summed E-state index contributed by atoms with van der Waals surface area (Å²) in [6.07, 6.45) is 2.75. The molecule has 2 N–H and O–H groups in total. The molecule has 4 nitrogen and oxygen atoms in total. The van der Waals surface area contributed by atoms with Crippen LogP contribution in [0.5, 0.6) is 0 Å². The highest BCUT2D eigenvalue weighted by Gasteiger charge is 2.09. The number of nitrogens with zero attached hydrogens (tertiary/aromatic N) is 1. The van der Waals surface area contributed by atoms with Gasteiger partial charge >= 0.3 is 0 Å². The van der Waals surface area contributed by atoms with Crippen LogP contribution in [0, 0.1) is 0 Å². The van der Waals surface area contributed by atoms with Gasteiger partial charge in [0.15, 0.2) is 0 Å². The summed E-state index contributed by atoms with van der Waals surface area (Å²) in [6.45, 7) is 0.404. The maximum Gasteiger partial charge on any atom is 0.139 e. The summed E-state index contributed by atoms with van der Waals surface area (Å²) < 4.78 is 5.31. The van der Waals surface area contributed by atoms with Crippen molar-refractivity contribution in [3.63, 3.8) is 0 Å². The second kappa shape index (κ2) is 5.12. The summed E-state index contributed by atoms with van der Waals surface area (Å²) in [5.41, 5.74) is 1.67. The Kier molecular flexibility index (Phi) is 3.16. The molecule has 0 aliphatic heterocycles. The predicted octanol–water partition coefficient (Wildman–Crippen LogP) is 2.97. The zero-order valence-corrected chi connectivity index (χ0v) is 10.3. The van der Waals surface area contributed by atoms with E-state index in [2.05, 4.69) is 10.3 Å². The zero-order chi connectivity index (χ0) is 13.1. The highest BCUT2D eigenvalue weighted by Crippen LogP contribution is 2.22. The maximum absolute atomic E-state index is 10.1. The summed E-state index contributed by atoms with van der Waals surface area (Å²) in [7, 11) is 0. The zero-order valence-electron chi connectivity index (χ0n) is 10.3. The standard InChI is InChI=1S/C15H14N2O2/c18-13(11-4-2-1-3-5-11)10-17-15-12-7-9-19-14(12)6-8-16-15/h1-9,13,18H,10H2,(H,16,17). The number of hydrogen-bond donors (Lipinski definition) is 2. The van der Waals surface area contributed by atoms with Crippen molar-refractivity contribution in [3.8, 4) is 0 Å². The monoisotopic (exact) mass is 254 g/mol. The number of benzene rings is 1. The molecule has 0 radical (unpaired) electrons. The Balaban J connectivity index is 1.74. The minimum Gasteiger partial charge on any atom is -0.464 e. The van der Waals surface area contributed by atoms with Gasteiger partial charge in [-0.1, -0.05) is 30.3 Å². The largest absolute Gasteiger partial charge is 0.464 e. The van der Waals surface area contributed by atoms with Crippen molar-refractivity contribution >= 4 is 16.8 Å². The van der Waals surface area contributed by atoms with E-state index < -0.39 is 6.10 Å². The van der Waals surface area contributed by atoms with Crippen LogP contribution in [0.2, 0.25) is 0 Å². The van der Waals surface area contributed by atoms with Crippen molar-refractivity contribution in [2.45, 2.75) is 6.10 Å². The Morgan fingerprint density at radius 2 is 2.00 bits per heavy atom. The van der Waals surface area contributed by atoms with E-state index in [1.54, 1.807) is 12.5 Å². The smallest absolute Gasteiger partial charge is 0.139 e. The van der Waals surface area contributed by atoms with Crippen LogP contribution in [-0.2, 0) is 0 Å². The van der Waals surface area contributed by atoms with Gasteiger partial charge in [-0.05, 0) is 17.7 Å². The number of hydrogen-bond acceptors (Lipinski definition) is 4. The molecule has 19 heavy (non-hydrogen) atoms. The van der Waals surface area contributed by atoms with E-state index in [-0.39, 0.29) is 0 Å². The topological polar surface area (TPSA) is 58.3 Å². The van der Waals surface area contributed by atoms with Crippen molar-refractivity contribution in [1.82, 2.24) is 4.98 Å². The quantitative estimate of drug-likeness (QED) is 0.751. The first-order valence-electron chi connectivity index (χ1n) is 6.14. The van der Waals surface area contributed by atoms with Crippen LogP contribution in [0.25, 0.3) is 11.0 Å². The maximum atomic E-state index is 10.1. The van der Waals surface area contributed by atoms with Crippen LogP contribution in [0.4, 0.5) is 5.82 Å². The molecule has 0 amide bonds. The van der Waals surface area contributed by atoms with Gasteiger partial charge in [-0.15, -0.1) is 0 Å². The summed E-state index contributed by atoms with van der Waals surface area (Å²) in [4.78, 5) is 4.26. The normalized spacial score (nSPS) is 12.5. The first-order valence-corrected chi connectivity index (χ1v) is 6.14. The van der Waals surface area contributed by atoms with E-state index in [0.717, 1.165) is 22.4 Å². The van der Waals surface area contributed by atoms with Gasteiger partial charge in [0.2, 0.25) is 0 Å². The number of anilines is 1. The number of furan rings is 1. The molecule has 0 fully saturated rings. The molecular weight excluding hydrogens is 240 g/mol. The number of fused-ring (bicyclic) bond motifs is 1. The van der Waals surface area contributed by atoms with Gasteiger partial charge in [-0.3, -0.25) is 0 Å². The van der Waals surface area contributed by atoms with Crippen molar-refractivity contribution in [2.24, 2.45) is 0 Å². The summed E-state index contributed by atoms with van der Waals surface area (Å²) in [5, 5.41) is 14.2. The second-order valence-electron chi connectivity index (χ2n) is 4.30. The summed E-state index contributed by atoms with van der Waals surface area (Å²) in [6, 6.07) is 13.2. The number of aliphatic hydroxyl groups is 1. The molecule has 1 unspecified atom stereocenters. The predicted molar refractivity (Wildman–Crippen MR) is 73.9 cm³/mol. The highest BCUT2D eigenvalue weighted by atomic mass is 16.3. The van der Waals surface area contributed by atoms with Crippen LogP contribution in [0.3, 0.4) is 0 Å². The fourth-order valence-electron chi connectivity index (χ4n) is 2.02. The highest BCUT2D eigenvalue weighted by molar-refractivity contribution is 5.87. The van der Waals surface area contributed by atoms with Crippen LogP contribution in [0.15, 0.2) is 59.3 Å². The van der Waals surface area contributed by atoms with Crippen molar-refractivity contribution < 1.29 is 9.52 Å². The van der Waals surface area contributed by atoms with Gasteiger partial charge in [-0.25, -0.2) is 4.98 Å². The van der Waals surface area contributed by atoms with E-state index in [1.165, 1.54) is 0 Å². The molecule has 3 rings (SSSR count). The lowest BCUT2D eigenvalue weighted by Gasteiger charge is -2.12. The van der Waals surface area contributed by atoms with Gasteiger partial charge in [-0.2, -0.15) is 0 Å². The third-order valence-corrected chi connectivity index (χ3v) is 3.03.